The highest BCUT2D eigenvalue weighted by atomic mass is 32.2. The molecule has 0 aliphatic carbocycles. The first-order valence-electron chi connectivity index (χ1n) is 10.2. The van der Waals surface area contributed by atoms with E-state index in [0.29, 0.717) is 15.8 Å². The molecule has 1 amide bonds. The summed E-state index contributed by atoms with van der Waals surface area (Å²) in [5.41, 5.74) is 5.28. The van der Waals surface area contributed by atoms with E-state index in [0.717, 1.165) is 34.5 Å². The Labute approximate surface area is 192 Å². The van der Waals surface area contributed by atoms with Crippen LogP contribution in [0.5, 0.6) is 5.75 Å². The van der Waals surface area contributed by atoms with Crippen LogP contribution in [0.3, 0.4) is 0 Å². The van der Waals surface area contributed by atoms with Crippen molar-refractivity contribution in [3.63, 3.8) is 0 Å². The lowest BCUT2D eigenvalue weighted by Gasteiger charge is -2.18. The van der Waals surface area contributed by atoms with Crippen molar-refractivity contribution in [2.24, 2.45) is 0 Å². The minimum absolute atomic E-state index is 0.0735. The van der Waals surface area contributed by atoms with Crippen LogP contribution in [0.15, 0.2) is 77.7 Å². The van der Waals surface area contributed by atoms with Crippen molar-refractivity contribution in [2.75, 3.05) is 4.90 Å². The third-order valence-corrected chi connectivity index (χ3v) is 6.41. The number of benzene rings is 3. The number of rotatable bonds is 6. The van der Waals surface area contributed by atoms with Crippen molar-refractivity contribution >= 4 is 46.0 Å². The topological polar surface area (TPSA) is 29.5 Å². The molecule has 0 atom stereocenters. The van der Waals surface area contributed by atoms with E-state index < -0.39 is 0 Å². The smallest absolute Gasteiger partial charge is 0.270 e. The lowest BCUT2D eigenvalue weighted by atomic mass is 10.1. The molecule has 1 saturated heterocycles. The first-order valence-corrected chi connectivity index (χ1v) is 11.4. The summed E-state index contributed by atoms with van der Waals surface area (Å²) in [6, 6.07) is 24.0. The van der Waals surface area contributed by atoms with E-state index in [1.165, 1.54) is 17.3 Å². The highest BCUT2D eigenvalue weighted by molar-refractivity contribution is 8.27. The van der Waals surface area contributed by atoms with Gasteiger partial charge in [-0.1, -0.05) is 91.1 Å². The highest BCUT2D eigenvalue weighted by Gasteiger charge is 2.34. The molecule has 1 fully saturated rings. The minimum Gasteiger partial charge on any atom is -0.489 e. The van der Waals surface area contributed by atoms with Crippen molar-refractivity contribution in [3.8, 4) is 5.75 Å². The number of aryl methyl sites for hydroxylation is 2. The molecule has 1 heterocycles. The van der Waals surface area contributed by atoms with Crippen LogP contribution < -0.4 is 9.64 Å². The van der Waals surface area contributed by atoms with E-state index in [-0.39, 0.29) is 5.91 Å². The van der Waals surface area contributed by atoms with Gasteiger partial charge in [0.1, 0.15) is 12.4 Å². The van der Waals surface area contributed by atoms with Crippen LogP contribution >= 0.6 is 24.0 Å². The molecule has 3 aromatic carbocycles. The van der Waals surface area contributed by atoms with Gasteiger partial charge in [-0.05, 0) is 54.3 Å². The monoisotopic (exact) mass is 445 g/mol. The van der Waals surface area contributed by atoms with Gasteiger partial charge >= 0.3 is 0 Å². The Morgan fingerprint density at radius 3 is 2.42 bits per heavy atom. The molecule has 0 saturated carbocycles. The third-order valence-electron chi connectivity index (χ3n) is 5.11. The number of carbonyl (C=O) groups is 1. The molecule has 0 aromatic heterocycles. The fourth-order valence-corrected chi connectivity index (χ4v) is 4.65. The predicted octanol–water partition coefficient (Wildman–Crippen LogP) is 6.54. The Kier molecular flexibility index (Phi) is 6.54. The first-order chi connectivity index (χ1) is 15.0. The maximum Gasteiger partial charge on any atom is 0.270 e. The zero-order chi connectivity index (χ0) is 21.8. The predicted molar refractivity (Wildman–Crippen MR) is 133 cm³/mol. The molecule has 4 rings (SSSR count). The molecule has 0 unspecified atom stereocenters. The molecule has 0 radical (unpaired) electrons. The van der Waals surface area contributed by atoms with Crippen molar-refractivity contribution in [2.45, 2.75) is 26.9 Å². The van der Waals surface area contributed by atoms with Gasteiger partial charge in [0.2, 0.25) is 0 Å². The minimum atomic E-state index is -0.0735. The maximum absolute atomic E-state index is 13.1. The Bertz CT molecular complexity index is 1130. The van der Waals surface area contributed by atoms with Crippen LogP contribution in [0.25, 0.3) is 6.08 Å². The normalized spacial score (nSPS) is 15.0. The van der Waals surface area contributed by atoms with Gasteiger partial charge in [-0.3, -0.25) is 9.69 Å². The summed E-state index contributed by atoms with van der Waals surface area (Å²) in [4.78, 5) is 15.3. The summed E-state index contributed by atoms with van der Waals surface area (Å²) < 4.78 is 6.44. The van der Waals surface area contributed by atoms with Gasteiger partial charge in [0, 0.05) is 0 Å². The van der Waals surface area contributed by atoms with Gasteiger partial charge in [-0.15, -0.1) is 0 Å². The zero-order valence-corrected chi connectivity index (χ0v) is 19.1. The maximum atomic E-state index is 13.1. The second-order valence-corrected chi connectivity index (χ2v) is 9.02. The Morgan fingerprint density at radius 1 is 1.00 bits per heavy atom. The van der Waals surface area contributed by atoms with Crippen LogP contribution in [0.4, 0.5) is 5.69 Å². The summed E-state index contributed by atoms with van der Waals surface area (Å²) in [6.07, 6.45) is 2.73. The van der Waals surface area contributed by atoms with E-state index in [4.69, 9.17) is 17.0 Å². The molecule has 156 valence electrons. The molecule has 0 bridgehead atoms. The van der Waals surface area contributed by atoms with E-state index in [2.05, 4.69) is 38.1 Å². The molecule has 0 spiro atoms. The Morgan fingerprint density at radius 2 is 1.71 bits per heavy atom. The molecule has 1 aliphatic rings. The second-order valence-electron chi connectivity index (χ2n) is 7.34. The summed E-state index contributed by atoms with van der Waals surface area (Å²) in [6.45, 7) is 4.67. The van der Waals surface area contributed by atoms with Gasteiger partial charge in [-0.25, -0.2) is 0 Å². The van der Waals surface area contributed by atoms with Gasteiger partial charge in [-0.2, -0.15) is 0 Å². The summed E-state index contributed by atoms with van der Waals surface area (Å²) in [5, 5.41) is 0. The molecular weight excluding hydrogens is 422 g/mol. The van der Waals surface area contributed by atoms with E-state index in [1.54, 1.807) is 4.90 Å². The summed E-state index contributed by atoms with van der Waals surface area (Å²) in [5.74, 6) is 0.720. The average Bonchev–Trinajstić information content (AvgIpc) is 3.07. The molecular formula is C26H23NO2S2. The van der Waals surface area contributed by atoms with Crippen LogP contribution in [-0.2, 0) is 17.8 Å². The molecule has 1 aliphatic heterocycles. The average molecular weight is 446 g/mol. The summed E-state index contributed by atoms with van der Waals surface area (Å²) >= 11 is 6.86. The van der Waals surface area contributed by atoms with E-state index in [1.807, 2.05) is 54.6 Å². The van der Waals surface area contributed by atoms with Gasteiger partial charge in [0.15, 0.2) is 4.32 Å². The molecule has 31 heavy (non-hydrogen) atoms. The van der Waals surface area contributed by atoms with Gasteiger partial charge in [0.05, 0.1) is 10.6 Å². The van der Waals surface area contributed by atoms with Gasteiger partial charge in [0.25, 0.3) is 5.91 Å². The SMILES string of the molecule is CCc1ccccc1N1C(=O)C(=Cc2ccc(OCc3ccc(C)cc3)cc2)SC1=S. The highest BCUT2D eigenvalue weighted by Crippen LogP contribution is 2.37. The molecule has 3 aromatic rings. The Hall–Kier alpha value is -2.89. The van der Waals surface area contributed by atoms with Crippen molar-refractivity contribution in [1.29, 1.82) is 0 Å². The number of thiocarbonyl (C=S) groups is 1. The number of amides is 1. The molecule has 5 heteroatoms. The van der Waals surface area contributed by atoms with E-state index >= 15 is 0 Å². The number of carbonyl (C=O) groups excluding carboxylic acids is 1. The molecule has 3 nitrogen and oxygen atoms in total. The molecule has 0 N–H and O–H groups in total. The fraction of sp³-hybridized carbons (Fsp3) is 0.154. The zero-order valence-electron chi connectivity index (χ0n) is 17.5. The van der Waals surface area contributed by atoms with Gasteiger partial charge < -0.3 is 4.74 Å². The summed E-state index contributed by atoms with van der Waals surface area (Å²) in [7, 11) is 0. The number of nitrogens with zero attached hydrogens (tertiary/aromatic N) is 1. The second kappa shape index (κ2) is 9.50. The van der Waals surface area contributed by atoms with Crippen LogP contribution in [0.1, 0.15) is 29.2 Å². The van der Waals surface area contributed by atoms with Crippen molar-refractivity contribution in [3.05, 3.63) is 100.0 Å². The van der Waals surface area contributed by atoms with Crippen LogP contribution in [0, 0.1) is 6.92 Å². The number of para-hydroxylation sites is 1. The lowest BCUT2D eigenvalue weighted by molar-refractivity contribution is -0.113. The fourth-order valence-electron chi connectivity index (χ4n) is 3.37. The Balaban J connectivity index is 1.46. The number of hydrogen-bond acceptors (Lipinski definition) is 4. The lowest BCUT2D eigenvalue weighted by Crippen LogP contribution is -2.28. The van der Waals surface area contributed by atoms with E-state index in [9.17, 15) is 4.79 Å². The van der Waals surface area contributed by atoms with Crippen LogP contribution in [0.2, 0.25) is 0 Å². The van der Waals surface area contributed by atoms with Crippen LogP contribution in [-0.4, -0.2) is 10.2 Å². The van der Waals surface area contributed by atoms with Crippen molar-refractivity contribution in [1.82, 2.24) is 0 Å². The van der Waals surface area contributed by atoms with Crippen molar-refractivity contribution < 1.29 is 9.53 Å². The number of anilines is 1. The number of ether oxygens (including phenoxy) is 1. The quantitative estimate of drug-likeness (QED) is 0.318. The third kappa shape index (κ3) is 4.89. The number of hydrogen-bond donors (Lipinski definition) is 0. The first kappa shape index (κ1) is 21.3. The standard InChI is InChI=1S/C26H23NO2S2/c1-3-21-6-4-5-7-23(21)27-25(28)24(31-26(27)30)16-19-12-14-22(15-13-19)29-17-20-10-8-18(2)9-11-20/h4-16H,3,17H2,1-2H3. The number of thioether (sulfide) groups is 1. The largest absolute Gasteiger partial charge is 0.489 e.